The summed E-state index contributed by atoms with van der Waals surface area (Å²) in [5, 5.41) is 8.16. The summed E-state index contributed by atoms with van der Waals surface area (Å²) >= 11 is 0. The van der Waals surface area contributed by atoms with Crippen LogP contribution in [0.25, 0.3) is 0 Å². The van der Waals surface area contributed by atoms with E-state index in [9.17, 15) is 0 Å². The quantitative estimate of drug-likeness (QED) is 0.550. The molecule has 0 spiro atoms. The molecule has 48 valence electrons. The van der Waals surface area contributed by atoms with Crippen molar-refractivity contribution in [3.63, 3.8) is 0 Å². The number of aryl methyl sites for hydroxylation is 1. The van der Waals surface area contributed by atoms with Gasteiger partial charge in [0.05, 0.1) is 11.9 Å². The Morgan fingerprint density at radius 1 is 1.67 bits per heavy atom. The van der Waals surface area contributed by atoms with Gasteiger partial charge >= 0.3 is 0 Å². The lowest BCUT2D eigenvalue weighted by Gasteiger charge is -1.82. The summed E-state index contributed by atoms with van der Waals surface area (Å²) in [5.74, 6) is 0.735. The van der Waals surface area contributed by atoms with E-state index >= 15 is 0 Å². The molecule has 1 aliphatic carbocycles. The Kier molecular flexibility index (Phi) is 0.860. The van der Waals surface area contributed by atoms with Gasteiger partial charge in [0, 0.05) is 13.0 Å². The summed E-state index contributed by atoms with van der Waals surface area (Å²) in [7, 11) is 1.85. The molecule has 0 atom stereocenters. The lowest BCUT2D eigenvalue weighted by atomic mass is 10.3. The number of hydrogen-bond donors (Lipinski definition) is 0. The molecule has 0 saturated heterocycles. The Labute approximate surface area is 53.7 Å². The summed E-state index contributed by atoms with van der Waals surface area (Å²) in [6.45, 7) is 0. The third kappa shape index (κ3) is 0.823. The molecule has 1 aliphatic rings. The molecule has 1 aromatic rings. The Bertz CT molecular complexity index is 212. The second-order valence-electron chi connectivity index (χ2n) is 2.53. The first-order chi connectivity index (χ1) is 4.36. The summed E-state index contributed by atoms with van der Waals surface area (Å²) < 4.78 is 0. The van der Waals surface area contributed by atoms with Crippen LogP contribution in [-0.4, -0.2) is 15.0 Å². The zero-order chi connectivity index (χ0) is 6.27. The number of hydrogen-bond acceptors (Lipinski definition) is 2. The second-order valence-corrected chi connectivity index (χ2v) is 2.53. The van der Waals surface area contributed by atoms with Crippen LogP contribution in [-0.2, 0) is 7.05 Å². The molecule has 2 rings (SSSR count). The average Bonchev–Trinajstić information content (AvgIpc) is 2.58. The van der Waals surface area contributed by atoms with Crippen LogP contribution in [0.3, 0.4) is 0 Å². The standard InChI is InChI=1S/C6H9N3/c1-9-7-4-6(8-9)5-2-3-5/h4-5H,2-3H2,1H3. The SMILES string of the molecule is Cn1ncc(C2CC2)n1. The van der Waals surface area contributed by atoms with Crippen LogP contribution < -0.4 is 0 Å². The van der Waals surface area contributed by atoms with Crippen LogP contribution in [0.4, 0.5) is 0 Å². The molecule has 1 fully saturated rings. The summed E-state index contributed by atoms with van der Waals surface area (Å²) in [5.41, 5.74) is 1.16. The van der Waals surface area contributed by atoms with E-state index in [0.29, 0.717) is 0 Å². The van der Waals surface area contributed by atoms with Gasteiger partial charge in [-0.15, -0.1) is 0 Å². The predicted molar refractivity (Wildman–Crippen MR) is 33.0 cm³/mol. The van der Waals surface area contributed by atoms with E-state index in [1.54, 1.807) is 4.80 Å². The van der Waals surface area contributed by atoms with Crippen molar-refractivity contribution in [2.75, 3.05) is 0 Å². The zero-order valence-electron chi connectivity index (χ0n) is 5.41. The minimum absolute atomic E-state index is 0.735. The Balaban J connectivity index is 2.28. The molecule has 0 aliphatic heterocycles. The van der Waals surface area contributed by atoms with Gasteiger partial charge in [-0.25, -0.2) is 0 Å². The first-order valence-electron chi connectivity index (χ1n) is 3.22. The van der Waals surface area contributed by atoms with E-state index in [1.807, 2.05) is 13.2 Å². The molecule has 1 heterocycles. The van der Waals surface area contributed by atoms with Crippen LogP contribution in [0.5, 0.6) is 0 Å². The molecule has 3 heteroatoms. The fourth-order valence-electron chi connectivity index (χ4n) is 0.928. The summed E-state index contributed by atoms with van der Waals surface area (Å²) in [4.78, 5) is 1.62. The molecule has 0 amide bonds. The smallest absolute Gasteiger partial charge is 0.0857 e. The lowest BCUT2D eigenvalue weighted by molar-refractivity contribution is 0.645. The van der Waals surface area contributed by atoms with Crippen molar-refractivity contribution in [2.24, 2.45) is 7.05 Å². The Morgan fingerprint density at radius 3 is 2.89 bits per heavy atom. The molecule has 9 heavy (non-hydrogen) atoms. The summed E-state index contributed by atoms with van der Waals surface area (Å²) in [6, 6.07) is 0. The van der Waals surface area contributed by atoms with Crippen LogP contribution in [0, 0.1) is 0 Å². The van der Waals surface area contributed by atoms with Crippen LogP contribution in [0.2, 0.25) is 0 Å². The topological polar surface area (TPSA) is 30.7 Å². The molecule has 3 nitrogen and oxygen atoms in total. The van der Waals surface area contributed by atoms with Gasteiger partial charge in [0.1, 0.15) is 0 Å². The van der Waals surface area contributed by atoms with Gasteiger partial charge in [0.15, 0.2) is 0 Å². The zero-order valence-corrected chi connectivity index (χ0v) is 5.41. The molecule has 0 N–H and O–H groups in total. The third-order valence-corrected chi connectivity index (χ3v) is 1.61. The van der Waals surface area contributed by atoms with Gasteiger partial charge in [0.2, 0.25) is 0 Å². The van der Waals surface area contributed by atoms with E-state index in [-0.39, 0.29) is 0 Å². The first kappa shape index (κ1) is 4.97. The van der Waals surface area contributed by atoms with Crippen LogP contribution in [0.15, 0.2) is 6.20 Å². The lowest BCUT2D eigenvalue weighted by Crippen LogP contribution is -1.92. The maximum Gasteiger partial charge on any atom is 0.0857 e. The highest BCUT2D eigenvalue weighted by atomic mass is 15.4. The van der Waals surface area contributed by atoms with Gasteiger partial charge in [0.25, 0.3) is 0 Å². The number of rotatable bonds is 1. The highest BCUT2D eigenvalue weighted by Gasteiger charge is 2.25. The second kappa shape index (κ2) is 1.56. The van der Waals surface area contributed by atoms with Crippen molar-refractivity contribution in [3.05, 3.63) is 11.9 Å². The van der Waals surface area contributed by atoms with Crippen LogP contribution >= 0.6 is 0 Å². The normalized spacial score (nSPS) is 18.3. The van der Waals surface area contributed by atoms with Crippen molar-refractivity contribution in [2.45, 2.75) is 18.8 Å². The molecule has 0 unspecified atom stereocenters. The Hall–Kier alpha value is -0.860. The Morgan fingerprint density at radius 2 is 2.44 bits per heavy atom. The van der Waals surface area contributed by atoms with Crippen molar-refractivity contribution < 1.29 is 0 Å². The van der Waals surface area contributed by atoms with Gasteiger partial charge in [-0.2, -0.15) is 15.0 Å². The van der Waals surface area contributed by atoms with E-state index < -0.39 is 0 Å². The molecule has 0 radical (unpaired) electrons. The van der Waals surface area contributed by atoms with Gasteiger partial charge in [-0.05, 0) is 12.8 Å². The molecule has 1 aromatic heterocycles. The first-order valence-corrected chi connectivity index (χ1v) is 3.22. The maximum absolute atomic E-state index is 4.18. The van der Waals surface area contributed by atoms with Crippen molar-refractivity contribution in [1.82, 2.24) is 15.0 Å². The van der Waals surface area contributed by atoms with Gasteiger partial charge in [-0.1, -0.05) is 0 Å². The molecule has 0 bridgehead atoms. The predicted octanol–water partition coefficient (Wildman–Crippen LogP) is 0.693. The minimum atomic E-state index is 0.735. The molecular weight excluding hydrogens is 114 g/mol. The largest absolute Gasteiger partial charge is 0.188 e. The summed E-state index contributed by atoms with van der Waals surface area (Å²) in [6.07, 6.45) is 4.47. The highest BCUT2D eigenvalue weighted by Crippen LogP contribution is 2.38. The monoisotopic (exact) mass is 123 g/mol. The van der Waals surface area contributed by atoms with Crippen molar-refractivity contribution >= 4 is 0 Å². The van der Waals surface area contributed by atoms with E-state index in [1.165, 1.54) is 12.8 Å². The van der Waals surface area contributed by atoms with Gasteiger partial charge in [-0.3, -0.25) is 0 Å². The third-order valence-electron chi connectivity index (χ3n) is 1.61. The molecule has 0 aromatic carbocycles. The average molecular weight is 123 g/mol. The molecular formula is C6H9N3. The van der Waals surface area contributed by atoms with E-state index in [2.05, 4.69) is 10.2 Å². The van der Waals surface area contributed by atoms with Crippen molar-refractivity contribution in [1.29, 1.82) is 0 Å². The van der Waals surface area contributed by atoms with Crippen molar-refractivity contribution in [3.8, 4) is 0 Å². The number of aromatic nitrogens is 3. The highest BCUT2D eigenvalue weighted by molar-refractivity contribution is 5.08. The van der Waals surface area contributed by atoms with Gasteiger partial charge < -0.3 is 0 Å². The van der Waals surface area contributed by atoms with Crippen LogP contribution in [0.1, 0.15) is 24.5 Å². The van der Waals surface area contributed by atoms with E-state index in [0.717, 1.165) is 11.6 Å². The number of nitrogens with zero attached hydrogens (tertiary/aromatic N) is 3. The fourth-order valence-corrected chi connectivity index (χ4v) is 0.928. The minimum Gasteiger partial charge on any atom is -0.188 e. The maximum atomic E-state index is 4.18. The molecule has 1 saturated carbocycles. The van der Waals surface area contributed by atoms with E-state index in [4.69, 9.17) is 0 Å². The fraction of sp³-hybridized carbons (Fsp3) is 0.667.